The van der Waals surface area contributed by atoms with Crippen molar-refractivity contribution in [2.24, 2.45) is 0 Å². The number of fused-ring (bicyclic) bond motifs is 1. The number of hydrogen-bond donors (Lipinski definition) is 0. The minimum Gasteiger partial charge on any atom is -0.458 e. The predicted octanol–water partition coefficient (Wildman–Crippen LogP) is 3.06. The van der Waals surface area contributed by atoms with E-state index in [1.807, 2.05) is 66.7 Å². The molecule has 0 aromatic heterocycles. The van der Waals surface area contributed by atoms with Gasteiger partial charge in [0.05, 0.1) is 11.2 Å². The van der Waals surface area contributed by atoms with Crippen LogP contribution in [0.15, 0.2) is 18.2 Å². The Morgan fingerprint density at radius 2 is 1.62 bits per heavy atom. The van der Waals surface area contributed by atoms with E-state index in [1.54, 1.807) is 18.7 Å². The third-order valence-electron chi connectivity index (χ3n) is 6.04. The zero-order valence-corrected chi connectivity index (χ0v) is 19.0. The van der Waals surface area contributed by atoms with Crippen molar-refractivity contribution in [1.29, 1.82) is 0 Å². The maximum Gasteiger partial charge on any atom is 0.494 e. The summed E-state index contributed by atoms with van der Waals surface area (Å²) >= 11 is 0. The van der Waals surface area contributed by atoms with Crippen LogP contribution in [-0.2, 0) is 25.4 Å². The van der Waals surface area contributed by atoms with E-state index >= 15 is 0 Å². The summed E-state index contributed by atoms with van der Waals surface area (Å²) in [5.41, 5.74) is -0.341. The molecule has 2 aliphatic heterocycles. The van der Waals surface area contributed by atoms with E-state index in [0.29, 0.717) is 12.1 Å². The minimum atomic E-state index is -1.08. The van der Waals surface area contributed by atoms with Gasteiger partial charge in [-0.2, -0.15) is 0 Å². The van der Waals surface area contributed by atoms with Gasteiger partial charge in [0.2, 0.25) is 0 Å². The first kappa shape index (κ1) is 21.8. The molecule has 1 aromatic carbocycles. The molecule has 1 amide bonds. The van der Waals surface area contributed by atoms with Crippen LogP contribution in [0.5, 0.6) is 0 Å². The van der Waals surface area contributed by atoms with E-state index in [0.717, 1.165) is 11.0 Å². The van der Waals surface area contributed by atoms with Gasteiger partial charge in [-0.05, 0) is 79.4 Å². The van der Waals surface area contributed by atoms with Gasteiger partial charge in [-0.1, -0.05) is 12.1 Å². The molecule has 6 nitrogen and oxygen atoms in total. The Bertz CT molecular complexity index is 837. The Kier molecular flexibility index (Phi) is 4.95. The van der Waals surface area contributed by atoms with Crippen molar-refractivity contribution in [3.63, 3.8) is 0 Å². The van der Waals surface area contributed by atoms with Crippen molar-refractivity contribution in [2.75, 3.05) is 0 Å². The van der Waals surface area contributed by atoms with Crippen molar-refractivity contribution >= 4 is 24.5 Å². The van der Waals surface area contributed by atoms with Crippen LogP contribution < -0.4 is 5.46 Å². The van der Waals surface area contributed by atoms with E-state index < -0.39 is 35.4 Å². The first-order chi connectivity index (χ1) is 13.1. The second-order valence-electron chi connectivity index (χ2n) is 10.5. The lowest BCUT2D eigenvalue weighted by molar-refractivity contribution is -0.166. The largest absolute Gasteiger partial charge is 0.494 e. The third-order valence-corrected chi connectivity index (χ3v) is 6.04. The fourth-order valence-electron chi connectivity index (χ4n) is 3.41. The quantitative estimate of drug-likeness (QED) is 0.576. The van der Waals surface area contributed by atoms with Crippen LogP contribution in [0, 0.1) is 0 Å². The molecule has 0 bridgehead atoms. The third kappa shape index (κ3) is 3.82. The lowest BCUT2D eigenvalue weighted by Crippen LogP contribution is -2.52. The molecule has 158 valence electrons. The Hall–Kier alpha value is -1.86. The highest BCUT2D eigenvalue weighted by molar-refractivity contribution is 6.62. The van der Waals surface area contributed by atoms with Crippen LogP contribution in [0.1, 0.15) is 78.2 Å². The predicted molar refractivity (Wildman–Crippen MR) is 112 cm³/mol. The minimum absolute atomic E-state index is 0.186. The maximum atomic E-state index is 13.2. The second kappa shape index (κ2) is 6.57. The molecule has 2 aliphatic rings. The summed E-state index contributed by atoms with van der Waals surface area (Å²) in [6, 6.07) is 5.67. The maximum absolute atomic E-state index is 13.2. The van der Waals surface area contributed by atoms with Gasteiger partial charge in [0.1, 0.15) is 11.1 Å². The van der Waals surface area contributed by atoms with Crippen molar-refractivity contribution < 1.29 is 23.6 Å². The van der Waals surface area contributed by atoms with Gasteiger partial charge in [0.25, 0.3) is 5.91 Å². The van der Waals surface area contributed by atoms with E-state index in [-0.39, 0.29) is 5.91 Å². The zero-order chi connectivity index (χ0) is 22.0. The molecule has 1 saturated heterocycles. The molecule has 0 radical (unpaired) electrons. The van der Waals surface area contributed by atoms with E-state index in [1.165, 1.54) is 0 Å². The van der Waals surface area contributed by atoms with E-state index in [4.69, 9.17) is 14.0 Å². The van der Waals surface area contributed by atoms with Crippen LogP contribution in [0.2, 0.25) is 0 Å². The molecule has 0 atom stereocenters. The second-order valence-corrected chi connectivity index (χ2v) is 10.5. The van der Waals surface area contributed by atoms with E-state index in [2.05, 4.69) is 0 Å². The smallest absolute Gasteiger partial charge is 0.458 e. The average molecular weight is 401 g/mol. The van der Waals surface area contributed by atoms with Crippen molar-refractivity contribution in [3.05, 3.63) is 29.3 Å². The number of esters is 1. The fourth-order valence-corrected chi connectivity index (χ4v) is 3.41. The van der Waals surface area contributed by atoms with Crippen molar-refractivity contribution in [3.8, 4) is 0 Å². The number of carbonyl (C=O) groups is 2. The fraction of sp³-hybridized carbons (Fsp3) is 0.636. The molecule has 1 aromatic rings. The summed E-state index contributed by atoms with van der Waals surface area (Å²) in [4.78, 5) is 27.5. The number of nitrogens with zero attached hydrogens (tertiary/aromatic N) is 1. The molecule has 0 saturated carbocycles. The number of carbonyl (C=O) groups excluding carboxylic acids is 2. The number of benzene rings is 1. The normalized spacial score (nSPS) is 20.8. The van der Waals surface area contributed by atoms with Gasteiger partial charge in [-0.15, -0.1) is 0 Å². The Balaban J connectivity index is 1.85. The molecule has 0 unspecified atom stereocenters. The van der Waals surface area contributed by atoms with Gasteiger partial charge in [-0.25, -0.2) is 4.79 Å². The Labute approximate surface area is 174 Å². The van der Waals surface area contributed by atoms with Crippen LogP contribution in [0.4, 0.5) is 0 Å². The van der Waals surface area contributed by atoms with Crippen LogP contribution >= 0.6 is 0 Å². The molecule has 0 spiro atoms. The molecule has 1 fully saturated rings. The summed E-state index contributed by atoms with van der Waals surface area (Å²) < 4.78 is 17.8. The van der Waals surface area contributed by atoms with Gasteiger partial charge in [0.15, 0.2) is 0 Å². The highest BCUT2D eigenvalue weighted by Crippen LogP contribution is 2.37. The number of hydrogen-bond acceptors (Lipinski definition) is 5. The molecular weight excluding hydrogens is 369 g/mol. The summed E-state index contributed by atoms with van der Waals surface area (Å²) in [5.74, 6) is -0.605. The highest BCUT2D eigenvalue weighted by atomic mass is 16.7. The topological polar surface area (TPSA) is 65.1 Å². The summed E-state index contributed by atoms with van der Waals surface area (Å²) in [7, 11) is -0.536. The van der Waals surface area contributed by atoms with Crippen LogP contribution in [-0.4, -0.2) is 46.2 Å². The summed E-state index contributed by atoms with van der Waals surface area (Å²) in [6.07, 6.45) is 0. The van der Waals surface area contributed by atoms with E-state index in [9.17, 15) is 9.59 Å². The molecule has 0 aliphatic carbocycles. The molecular formula is C22H32BNO5. The monoisotopic (exact) mass is 401 g/mol. The highest BCUT2D eigenvalue weighted by Gasteiger charge is 2.52. The SMILES string of the molecule is CC(C)(C)OC(=O)C(C)(C)N1Cc2ccc(B3OC(C)(C)C(C)(C)O3)cc2C1=O. The lowest BCUT2D eigenvalue weighted by Gasteiger charge is -2.35. The van der Waals surface area contributed by atoms with Crippen LogP contribution in [0.25, 0.3) is 0 Å². The van der Waals surface area contributed by atoms with Gasteiger partial charge in [-0.3, -0.25) is 4.79 Å². The van der Waals surface area contributed by atoms with Crippen LogP contribution in [0.3, 0.4) is 0 Å². The number of amides is 1. The molecule has 2 heterocycles. The summed E-state index contributed by atoms with van der Waals surface area (Å²) in [5, 5.41) is 0. The molecule has 0 N–H and O–H groups in total. The number of ether oxygens (including phenoxy) is 1. The Morgan fingerprint density at radius 1 is 1.07 bits per heavy atom. The molecule has 7 heteroatoms. The standard InChI is InChI=1S/C22H32BNO5/c1-19(2,3)27-18(26)20(4,5)24-13-14-10-11-15(12-16(14)17(24)25)23-28-21(6,7)22(8,9)29-23/h10-12H,13H2,1-9H3. The summed E-state index contributed by atoms with van der Waals surface area (Å²) in [6.45, 7) is 17.2. The van der Waals surface area contributed by atoms with Gasteiger partial charge < -0.3 is 18.9 Å². The first-order valence-electron chi connectivity index (χ1n) is 10.1. The first-order valence-corrected chi connectivity index (χ1v) is 10.1. The lowest BCUT2D eigenvalue weighted by atomic mass is 9.78. The van der Waals surface area contributed by atoms with Crippen molar-refractivity contribution in [1.82, 2.24) is 4.90 Å². The number of rotatable bonds is 3. The van der Waals surface area contributed by atoms with Gasteiger partial charge >= 0.3 is 13.1 Å². The zero-order valence-electron chi connectivity index (χ0n) is 19.0. The molecule has 3 rings (SSSR count). The average Bonchev–Trinajstić information content (AvgIpc) is 2.99. The van der Waals surface area contributed by atoms with Crippen molar-refractivity contribution in [2.45, 2.75) is 91.2 Å². The molecule has 29 heavy (non-hydrogen) atoms. The Morgan fingerprint density at radius 3 is 2.14 bits per heavy atom. The van der Waals surface area contributed by atoms with Gasteiger partial charge in [0, 0.05) is 12.1 Å².